The van der Waals surface area contributed by atoms with Gasteiger partial charge in [0.2, 0.25) is 0 Å². The topological polar surface area (TPSA) is 38.8 Å². The third-order valence-corrected chi connectivity index (χ3v) is 3.82. The summed E-state index contributed by atoms with van der Waals surface area (Å²) in [6.45, 7) is -2.96. The number of carbonyl (C=O) groups is 1. The highest BCUT2D eigenvalue weighted by atomic mass is 19.3. The molecule has 1 aliphatic carbocycles. The van der Waals surface area contributed by atoms with Gasteiger partial charge in [-0.15, -0.1) is 0 Å². The van der Waals surface area contributed by atoms with Crippen LogP contribution in [0.15, 0.2) is 18.2 Å². The van der Waals surface area contributed by atoms with Crippen LogP contribution in [-0.2, 0) is 0 Å². The van der Waals surface area contributed by atoms with Crippen LogP contribution >= 0.6 is 0 Å². The van der Waals surface area contributed by atoms with Crippen LogP contribution in [0.3, 0.4) is 0 Å². The van der Waals surface area contributed by atoms with Gasteiger partial charge in [-0.1, -0.05) is 12.8 Å². The quantitative estimate of drug-likeness (QED) is 0.837. The second-order valence-electron chi connectivity index (χ2n) is 5.10. The van der Waals surface area contributed by atoms with Crippen molar-refractivity contribution in [2.24, 2.45) is 0 Å². The highest BCUT2D eigenvalue weighted by Gasteiger charge is 2.25. The van der Waals surface area contributed by atoms with Crippen molar-refractivity contribution in [1.82, 2.24) is 4.90 Å². The molecule has 1 aromatic rings. The first-order valence-electron chi connectivity index (χ1n) is 6.93. The number of benzene rings is 1. The number of amides is 1. The summed E-state index contributed by atoms with van der Waals surface area (Å²) in [7, 11) is 3.11. The molecule has 0 radical (unpaired) electrons. The smallest absolute Gasteiger partial charge is 0.387 e. The molecule has 6 heteroatoms. The molecule has 1 aromatic carbocycles. The molecule has 1 fully saturated rings. The minimum absolute atomic E-state index is 0.127. The number of alkyl halides is 2. The van der Waals surface area contributed by atoms with E-state index in [1.165, 1.54) is 19.2 Å². The van der Waals surface area contributed by atoms with Crippen LogP contribution in [-0.4, -0.2) is 37.6 Å². The van der Waals surface area contributed by atoms with Crippen molar-refractivity contribution < 1.29 is 23.0 Å². The van der Waals surface area contributed by atoms with E-state index in [4.69, 9.17) is 4.74 Å². The Morgan fingerprint density at radius 2 is 1.95 bits per heavy atom. The molecular formula is C15H19F2NO3. The molecule has 1 amide bonds. The molecule has 4 nitrogen and oxygen atoms in total. The normalized spacial score (nSPS) is 15.3. The number of ether oxygens (including phenoxy) is 2. The highest BCUT2D eigenvalue weighted by Crippen LogP contribution is 2.31. The van der Waals surface area contributed by atoms with Gasteiger partial charge in [-0.3, -0.25) is 4.79 Å². The lowest BCUT2D eigenvalue weighted by molar-refractivity contribution is -0.0512. The maximum atomic E-state index is 12.4. The van der Waals surface area contributed by atoms with Gasteiger partial charge in [0, 0.05) is 18.7 Å². The summed E-state index contributed by atoms with van der Waals surface area (Å²) in [4.78, 5) is 14.1. The van der Waals surface area contributed by atoms with Crippen molar-refractivity contribution in [1.29, 1.82) is 0 Å². The van der Waals surface area contributed by atoms with Gasteiger partial charge < -0.3 is 14.4 Å². The Morgan fingerprint density at radius 1 is 1.29 bits per heavy atom. The molecule has 0 saturated heterocycles. The molecule has 1 aliphatic rings. The lowest BCUT2D eigenvalue weighted by Crippen LogP contribution is -2.35. The fraction of sp³-hybridized carbons (Fsp3) is 0.533. The van der Waals surface area contributed by atoms with Gasteiger partial charge in [0.25, 0.3) is 5.91 Å². The Labute approximate surface area is 122 Å². The number of methoxy groups -OCH3 is 1. The molecule has 0 aromatic heterocycles. The van der Waals surface area contributed by atoms with Gasteiger partial charge in [0.05, 0.1) is 7.11 Å². The number of nitrogens with zero attached hydrogens (tertiary/aromatic N) is 1. The number of rotatable bonds is 5. The van der Waals surface area contributed by atoms with E-state index in [9.17, 15) is 13.6 Å². The van der Waals surface area contributed by atoms with Crippen LogP contribution in [0.5, 0.6) is 11.5 Å². The Morgan fingerprint density at radius 3 is 2.52 bits per heavy atom. The highest BCUT2D eigenvalue weighted by molar-refractivity contribution is 5.95. The van der Waals surface area contributed by atoms with E-state index in [0.29, 0.717) is 5.56 Å². The molecule has 0 aliphatic heterocycles. The van der Waals surface area contributed by atoms with E-state index in [1.54, 1.807) is 18.0 Å². The van der Waals surface area contributed by atoms with E-state index >= 15 is 0 Å². The molecule has 1 saturated carbocycles. The molecule has 116 valence electrons. The number of halogens is 2. The first-order valence-corrected chi connectivity index (χ1v) is 6.93. The average molecular weight is 299 g/mol. The molecule has 2 rings (SSSR count). The zero-order chi connectivity index (χ0) is 15.4. The Balaban J connectivity index is 2.20. The van der Waals surface area contributed by atoms with Crippen LogP contribution in [0.4, 0.5) is 8.78 Å². The van der Waals surface area contributed by atoms with Gasteiger partial charge in [0.1, 0.15) is 0 Å². The standard InChI is InChI=1S/C15H19F2NO3/c1-18(11-5-3-4-6-11)14(19)10-7-8-12(20-2)13(9-10)21-15(16)17/h7-9,11,15H,3-6H2,1-2H3. The van der Waals surface area contributed by atoms with Crippen LogP contribution in [0.2, 0.25) is 0 Å². The summed E-state index contributed by atoms with van der Waals surface area (Å²) in [5.74, 6) is -0.141. The predicted molar refractivity (Wildman–Crippen MR) is 74.0 cm³/mol. The van der Waals surface area contributed by atoms with Crippen molar-refractivity contribution in [3.05, 3.63) is 23.8 Å². The molecular weight excluding hydrogens is 280 g/mol. The van der Waals surface area contributed by atoms with Gasteiger partial charge in [-0.25, -0.2) is 0 Å². The maximum Gasteiger partial charge on any atom is 0.387 e. The largest absolute Gasteiger partial charge is 0.493 e. The first-order chi connectivity index (χ1) is 10.0. The van der Waals surface area contributed by atoms with Crippen molar-refractivity contribution in [2.75, 3.05) is 14.2 Å². The number of hydrogen-bond acceptors (Lipinski definition) is 3. The Hall–Kier alpha value is -1.85. The SMILES string of the molecule is COc1ccc(C(=O)N(C)C2CCCC2)cc1OC(F)F. The zero-order valence-electron chi connectivity index (χ0n) is 12.1. The average Bonchev–Trinajstić information content (AvgIpc) is 2.99. The predicted octanol–water partition coefficient (Wildman–Crippen LogP) is 3.31. The van der Waals surface area contributed by atoms with Gasteiger partial charge in [-0.2, -0.15) is 8.78 Å². The summed E-state index contributed by atoms with van der Waals surface area (Å²) in [6.07, 6.45) is 4.20. The number of hydrogen-bond donors (Lipinski definition) is 0. The summed E-state index contributed by atoms with van der Waals surface area (Å²) < 4.78 is 34.2. The van der Waals surface area contributed by atoms with Crippen LogP contribution in [0, 0.1) is 0 Å². The van der Waals surface area contributed by atoms with Gasteiger partial charge >= 0.3 is 6.61 Å². The lowest BCUT2D eigenvalue weighted by atomic mass is 10.1. The van der Waals surface area contributed by atoms with Crippen LogP contribution in [0.1, 0.15) is 36.0 Å². The second-order valence-corrected chi connectivity index (χ2v) is 5.10. The van der Waals surface area contributed by atoms with E-state index in [1.807, 2.05) is 0 Å². The molecule has 0 N–H and O–H groups in total. The minimum Gasteiger partial charge on any atom is -0.493 e. The molecule has 0 bridgehead atoms. The molecule has 0 heterocycles. The van der Waals surface area contributed by atoms with E-state index in [-0.39, 0.29) is 23.4 Å². The number of carbonyl (C=O) groups excluding carboxylic acids is 1. The van der Waals surface area contributed by atoms with Gasteiger partial charge in [0.15, 0.2) is 11.5 Å². The molecule has 0 atom stereocenters. The summed E-state index contributed by atoms with van der Waals surface area (Å²) >= 11 is 0. The third kappa shape index (κ3) is 3.62. The van der Waals surface area contributed by atoms with Crippen LogP contribution in [0.25, 0.3) is 0 Å². The van der Waals surface area contributed by atoms with Gasteiger partial charge in [-0.05, 0) is 31.0 Å². The third-order valence-electron chi connectivity index (χ3n) is 3.82. The van der Waals surface area contributed by atoms with E-state index in [0.717, 1.165) is 25.7 Å². The second kappa shape index (κ2) is 6.74. The summed E-state index contributed by atoms with van der Waals surface area (Å²) in [5.41, 5.74) is 0.320. The maximum absolute atomic E-state index is 12.4. The van der Waals surface area contributed by atoms with Crippen molar-refractivity contribution >= 4 is 5.91 Å². The molecule has 0 unspecified atom stereocenters. The fourth-order valence-electron chi connectivity index (χ4n) is 2.66. The summed E-state index contributed by atoms with van der Waals surface area (Å²) in [5, 5.41) is 0. The first kappa shape index (κ1) is 15.5. The summed E-state index contributed by atoms with van der Waals surface area (Å²) in [6, 6.07) is 4.55. The molecule has 0 spiro atoms. The van der Waals surface area contributed by atoms with Crippen molar-refractivity contribution in [3.8, 4) is 11.5 Å². The van der Waals surface area contributed by atoms with E-state index < -0.39 is 6.61 Å². The van der Waals surface area contributed by atoms with E-state index in [2.05, 4.69) is 4.74 Å². The minimum atomic E-state index is -2.96. The van der Waals surface area contributed by atoms with Crippen molar-refractivity contribution in [3.63, 3.8) is 0 Å². The molecule has 21 heavy (non-hydrogen) atoms. The Bertz CT molecular complexity index is 502. The van der Waals surface area contributed by atoms with Crippen molar-refractivity contribution in [2.45, 2.75) is 38.3 Å². The van der Waals surface area contributed by atoms with Crippen LogP contribution < -0.4 is 9.47 Å². The lowest BCUT2D eigenvalue weighted by Gasteiger charge is -2.24. The monoisotopic (exact) mass is 299 g/mol. The Kier molecular flexibility index (Phi) is 4.98. The fourth-order valence-corrected chi connectivity index (χ4v) is 2.66. The zero-order valence-corrected chi connectivity index (χ0v) is 12.1.